The van der Waals surface area contributed by atoms with Crippen molar-refractivity contribution >= 4 is 10.4 Å². The van der Waals surface area contributed by atoms with Crippen molar-refractivity contribution < 1.29 is 16.8 Å². The molecule has 0 saturated carbocycles. The fourth-order valence-corrected chi connectivity index (χ4v) is 5.54. The van der Waals surface area contributed by atoms with E-state index < -0.39 is 16.0 Å². The molecule has 0 atom stereocenters. The lowest BCUT2D eigenvalue weighted by atomic mass is 9.92. The van der Waals surface area contributed by atoms with Gasteiger partial charge < -0.3 is 11.9 Å². The molecule has 7 heteroatoms. The molecule has 0 aromatic rings. The van der Waals surface area contributed by atoms with Crippen LogP contribution in [0, 0.1) is 0 Å². The van der Waals surface area contributed by atoms with Crippen LogP contribution in [0.2, 0.25) is 0 Å². The Labute approximate surface area is 213 Å². The first-order valence-electron chi connectivity index (χ1n) is 14.2. The van der Waals surface area contributed by atoms with Crippen molar-refractivity contribution in [2.75, 3.05) is 13.2 Å². The van der Waals surface area contributed by atoms with E-state index in [1.165, 1.54) is 89.9 Å². The summed E-state index contributed by atoms with van der Waals surface area (Å²) in [6.45, 7) is 6.92. The number of hydrogen-bond donors (Lipinski definition) is 2. The van der Waals surface area contributed by atoms with E-state index in [2.05, 4.69) is 6.92 Å². The van der Waals surface area contributed by atoms with Gasteiger partial charge in [-0.15, -0.1) is 0 Å². The molecule has 0 aromatic carbocycles. The first kappa shape index (κ1) is 35.9. The molecule has 0 radical (unpaired) electrons. The maximum atomic E-state index is 12.2. The van der Waals surface area contributed by atoms with E-state index in [0.717, 1.165) is 25.7 Å². The molecule has 0 heterocycles. The molecule has 0 amide bonds. The Balaban J connectivity index is 0. The van der Waals surface area contributed by atoms with Crippen LogP contribution >= 0.6 is 0 Å². The van der Waals surface area contributed by atoms with Crippen molar-refractivity contribution in [2.45, 2.75) is 161 Å². The molecule has 0 aromatic heterocycles. The highest BCUT2D eigenvalue weighted by Crippen LogP contribution is 2.29. The molecule has 6 nitrogen and oxygen atoms in total. The molecular weight excluding hydrogens is 448 g/mol. The largest absolute Gasteiger partial charge is 0.400 e. The summed E-state index contributed by atoms with van der Waals surface area (Å²) in [6, 6.07) is 0. The molecule has 0 fully saturated rings. The fourth-order valence-electron chi connectivity index (χ4n) is 4.42. The van der Waals surface area contributed by atoms with Gasteiger partial charge in [0.05, 0.1) is 12.2 Å². The summed E-state index contributed by atoms with van der Waals surface area (Å²) < 4.78 is 35.0. The highest BCUT2D eigenvalue weighted by atomic mass is 32.3. The Hall–Kier alpha value is -0.210. The average molecular weight is 509 g/mol. The van der Waals surface area contributed by atoms with Crippen molar-refractivity contribution in [1.29, 1.82) is 0 Å². The summed E-state index contributed by atoms with van der Waals surface area (Å²) in [4.78, 5) is 0. The Morgan fingerprint density at radius 3 is 1.35 bits per heavy atom. The van der Waals surface area contributed by atoms with Crippen LogP contribution < -0.4 is 11.9 Å². The van der Waals surface area contributed by atoms with Crippen LogP contribution in [0.3, 0.4) is 0 Å². The third-order valence-electron chi connectivity index (χ3n) is 6.88. The van der Waals surface area contributed by atoms with Gasteiger partial charge in [-0.2, -0.15) is 8.42 Å². The van der Waals surface area contributed by atoms with Crippen LogP contribution in [-0.4, -0.2) is 27.2 Å². The molecule has 0 saturated heterocycles. The van der Waals surface area contributed by atoms with Crippen LogP contribution in [0.15, 0.2) is 0 Å². The lowest BCUT2D eigenvalue weighted by molar-refractivity contribution is 0.0360. The molecule has 208 valence electrons. The molecule has 0 spiro atoms. The number of hydrogen-bond acceptors (Lipinski definition) is 6. The van der Waals surface area contributed by atoms with Gasteiger partial charge in [-0.05, 0) is 38.6 Å². The summed E-state index contributed by atoms with van der Waals surface area (Å²) >= 11 is 0. The van der Waals surface area contributed by atoms with Gasteiger partial charge in [-0.25, -0.2) is 8.37 Å². The van der Waals surface area contributed by atoms with Gasteiger partial charge in [0, 0.05) is 0 Å². The fraction of sp³-hybridized carbons (Fsp3) is 1.00. The summed E-state index contributed by atoms with van der Waals surface area (Å²) in [7, 11) is -3.96. The van der Waals surface area contributed by atoms with Crippen molar-refractivity contribution in [3.8, 4) is 0 Å². The normalized spacial score (nSPS) is 12.1. The lowest BCUT2D eigenvalue weighted by Crippen LogP contribution is -2.35. The highest BCUT2D eigenvalue weighted by molar-refractivity contribution is 7.81. The summed E-state index contributed by atoms with van der Waals surface area (Å²) in [5.74, 6) is 0. The SMILES string of the molecule is CCCCCCCCCCCCCCCCCCCOS(=O)(=O)OC(CC)(CC)CCCN.N. The van der Waals surface area contributed by atoms with Gasteiger partial charge >= 0.3 is 10.4 Å². The molecule has 0 rings (SSSR count). The Morgan fingerprint density at radius 1 is 0.618 bits per heavy atom. The first-order valence-corrected chi connectivity index (χ1v) is 15.6. The third kappa shape index (κ3) is 21.1. The maximum Gasteiger partial charge on any atom is 0.400 e. The molecule has 34 heavy (non-hydrogen) atoms. The molecule has 0 aliphatic carbocycles. The van der Waals surface area contributed by atoms with Gasteiger partial charge in [-0.1, -0.05) is 124 Å². The number of rotatable bonds is 26. The van der Waals surface area contributed by atoms with Gasteiger partial charge in [-0.3, -0.25) is 0 Å². The average Bonchev–Trinajstić information content (AvgIpc) is 2.81. The van der Waals surface area contributed by atoms with Crippen LogP contribution in [0.25, 0.3) is 0 Å². The minimum atomic E-state index is -3.96. The van der Waals surface area contributed by atoms with E-state index >= 15 is 0 Å². The van der Waals surface area contributed by atoms with Crippen LogP contribution in [0.5, 0.6) is 0 Å². The monoisotopic (exact) mass is 508 g/mol. The van der Waals surface area contributed by atoms with Gasteiger partial charge in [0.1, 0.15) is 0 Å². The van der Waals surface area contributed by atoms with Crippen molar-refractivity contribution in [1.82, 2.24) is 6.15 Å². The topological polar surface area (TPSA) is 114 Å². The van der Waals surface area contributed by atoms with E-state index in [9.17, 15) is 8.42 Å². The minimum Gasteiger partial charge on any atom is -0.344 e. The smallest absolute Gasteiger partial charge is 0.344 e. The summed E-state index contributed by atoms with van der Waals surface area (Å²) in [6.07, 6.45) is 24.8. The second-order valence-electron chi connectivity index (χ2n) is 9.75. The predicted molar refractivity (Wildman–Crippen MR) is 147 cm³/mol. The second-order valence-corrected chi connectivity index (χ2v) is 11.0. The predicted octanol–water partition coefficient (Wildman–Crippen LogP) is 8.38. The van der Waals surface area contributed by atoms with E-state index in [-0.39, 0.29) is 12.8 Å². The van der Waals surface area contributed by atoms with Gasteiger partial charge in [0.25, 0.3) is 0 Å². The summed E-state index contributed by atoms with van der Waals surface area (Å²) in [5.41, 5.74) is 4.89. The Bertz CT molecular complexity index is 511. The van der Waals surface area contributed by atoms with Crippen LogP contribution in [-0.2, 0) is 18.8 Å². The molecule has 5 N–H and O–H groups in total. The lowest BCUT2D eigenvalue weighted by Gasteiger charge is -2.30. The number of unbranched alkanes of at least 4 members (excludes halogenated alkanes) is 16. The minimum absolute atomic E-state index is 0. The molecule has 0 aliphatic rings. The maximum absolute atomic E-state index is 12.2. The van der Waals surface area contributed by atoms with Gasteiger partial charge in [0.2, 0.25) is 0 Å². The van der Waals surface area contributed by atoms with Crippen molar-refractivity contribution in [3.05, 3.63) is 0 Å². The van der Waals surface area contributed by atoms with Crippen molar-refractivity contribution in [2.24, 2.45) is 5.73 Å². The zero-order valence-electron chi connectivity index (χ0n) is 23.1. The third-order valence-corrected chi connectivity index (χ3v) is 7.89. The zero-order valence-corrected chi connectivity index (χ0v) is 23.9. The van der Waals surface area contributed by atoms with Crippen molar-refractivity contribution in [3.63, 3.8) is 0 Å². The molecular formula is C27H60N2O4S. The Morgan fingerprint density at radius 2 is 1.00 bits per heavy atom. The second kappa shape index (κ2) is 24.5. The van der Waals surface area contributed by atoms with Crippen LogP contribution in [0.4, 0.5) is 0 Å². The van der Waals surface area contributed by atoms with Gasteiger partial charge in [0.15, 0.2) is 0 Å². The quantitative estimate of drug-likeness (QED) is 0.113. The Kier molecular flexibility index (Phi) is 25.9. The number of nitrogens with two attached hydrogens (primary N) is 1. The zero-order chi connectivity index (χ0) is 24.7. The first-order chi connectivity index (χ1) is 15.9. The molecule has 0 bridgehead atoms. The van der Waals surface area contributed by atoms with E-state index in [1.54, 1.807) is 0 Å². The standard InChI is InChI=1S/C27H57NO4S.H3N/c1-4-7-8-9-10-11-12-13-14-15-16-17-18-19-20-21-22-26-31-33(29,30)32-27(5-2,6-3)24-23-25-28;/h4-26,28H2,1-3H3;1H3. The van der Waals surface area contributed by atoms with Crippen LogP contribution in [0.1, 0.15) is 156 Å². The van der Waals surface area contributed by atoms with E-state index in [4.69, 9.17) is 14.1 Å². The highest BCUT2D eigenvalue weighted by Gasteiger charge is 2.33. The summed E-state index contributed by atoms with van der Waals surface area (Å²) in [5, 5.41) is 0. The van der Waals surface area contributed by atoms with E-state index in [0.29, 0.717) is 25.8 Å². The molecule has 0 aliphatic heterocycles. The molecule has 0 unspecified atom stereocenters. The van der Waals surface area contributed by atoms with E-state index in [1.807, 2.05) is 13.8 Å².